The first kappa shape index (κ1) is 9.65. The van der Waals surface area contributed by atoms with Gasteiger partial charge in [0.1, 0.15) is 5.82 Å². The molecule has 1 fully saturated rings. The van der Waals surface area contributed by atoms with Crippen LogP contribution in [0.2, 0.25) is 0 Å². The van der Waals surface area contributed by atoms with Gasteiger partial charge < -0.3 is 5.32 Å². The van der Waals surface area contributed by atoms with Crippen molar-refractivity contribution in [2.75, 3.05) is 6.54 Å². The van der Waals surface area contributed by atoms with Crippen molar-refractivity contribution >= 4 is 21.8 Å². The van der Waals surface area contributed by atoms with E-state index in [1.165, 1.54) is 6.07 Å². The Bertz CT molecular complexity index is 360. The molecule has 0 saturated carbocycles. The maximum atomic E-state index is 13.5. The fraction of sp³-hybridized carbons (Fsp3) is 0.300. The van der Waals surface area contributed by atoms with Crippen molar-refractivity contribution in [1.82, 2.24) is 5.32 Å². The normalized spacial score (nSPS) is 21.0. The van der Waals surface area contributed by atoms with Crippen LogP contribution in [-0.2, 0) is 4.79 Å². The molecule has 0 spiro atoms. The van der Waals surface area contributed by atoms with E-state index >= 15 is 0 Å². The Hall–Kier alpha value is -0.900. The van der Waals surface area contributed by atoms with Crippen molar-refractivity contribution in [2.24, 2.45) is 0 Å². The summed E-state index contributed by atoms with van der Waals surface area (Å²) < 4.78 is 14.2. The Morgan fingerprint density at radius 2 is 2.29 bits per heavy atom. The summed E-state index contributed by atoms with van der Waals surface area (Å²) in [5.74, 6) is -0.302. The summed E-state index contributed by atoms with van der Waals surface area (Å²) in [4.78, 5) is 11.0. The number of carbonyl (C=O) groups excluding carboxylic acids is 1. The molecule has 1 heterocycles. The second kappa shape index (κ2) is 3.69. The maximum Gasteiger partial charge on any atom is 0.220 e. The summed E-state index contributed by atoms with van der Waals surface area (Å²) in [6, 6.07) is 4.86. The van der Waals surface area contributed by atoms with Gasteiger partial charge in [0.05, 0.1) is 0 Å². The van der Waals surface area contributed by atoms with E-state index in [0.717, 1.165) is 4.47 Å². The molecule has 4 heteroatoms. The van der Waals surface area contributed by atoms with E-state index in [1.807, 2.05) is 0 Å². The Labute approximate surface area is 89.6 Å². The Morgan fingerprint density at radius 3 is 2.86 bits per heavy atom. The lowest BCUT2D eigenvalue weighted by Crippen LogP contribution is -2.13. The Morgan fingerprint density at radius 1 is 1.50 bits per heavy atom. The number of amides is 1. The lowest BCUT2D eigenvalue weighted by Gasteiger charge is -2.10. The van der Waals surface area contributed by atoms with Gasteiger partial charge >= 0.3 is 0 Å². The minimum absolute atomic E-state index is 0.00912. The SMILES string of the molecule is O=C1CC(c2c(F)cccc2Br)CN1. The van der Waals surface area contributed by atoms with Gasteiger partial charge in [-0.25, -0.2) is 4.39 Å². The monoisotopic (exact) mass is 257 g/mol. The molecular weight excluding hydrogens is 249 g/mol. The average Bonchev–Trinajstić information content (AvgIpc) is 2.51. The van der Waals surface area contributed by atoms with Gasteiger partial charge in [-0.2, -0.15) is 0 Å². The number of benzene rings is 1. The molecule has 1 aliphatic rings. The number of hydrogen-bond acceptors (Lipinski definition) is 1. The summed E-state index contributed by atoms with van der Waals surface area (Å²) in [5.41, 5.74) is 0.603. The number of nitrogens with one attached hydrogen (secondary N) is 1. The number of carbonyl (C=O) groups is 1. The Kier molecular flexibility index (Phi) is 2.54. The minimum Gasteiger partial charge on any atom is -0.355 e. The van der Waals surface area contributed by atoms with Crippen LogP contribution in [0, 0.1) is 5.82 Å². The highest BCUT2D eigenvalue weighted by Gasteiger charge is 2.26. The van der Waals surface area contributed by atoms with Gasteiger partial charge in [0.2, 0.25) is 5.91 Å². The predicted octanol–water partition coefficient (Wildman–Crippen LogP) is 2.19. The van der Waals surface area contributed by atoms with Crippen LogP contribution >= 0.6 is 15.9 Å². The van der Waals surface area contributed by atoms with Gasteiger partial charge in [-0.3, -0.25) is 4.79 Å². The number of hydrogen-bond donors (Lipinski definition) is 1. The molecule has 74 valence electrons. The van der Waals surface area contributed by atoms with Crippen LogP contribution in [0.15, 0.2) is 22.7 Å². The van der Waals surface area contributed by atoms with Crippen molar-refractivity contribution in [3.63, 3.8) is 0 Å². The molecule has 0 aromatic heterocycles. The van der Waals surface area contributed by atoms with Crippen LogP contribution in [-0.4, -0.2) is 12.5 Å². The van der Waals surface area contributed by atoms with Crippen molar-refractivity contribution in [3.8, 4) is 0 Å². The van der Waals surface area contributed by atoms with E-state index in [2.05, 4.69) is 21.2 Å². The van der Waals surface area contributed by atoms with Crippen molar-refractivity contribution in [1.29, 1.82) is 0 Å². The molecule has 1 atom stereocenters. The first-order valence-electron chi connectivity index (χ1n) is 4.39. The predicted molar refractivity (Wildman–Crippen MR) is 54.5 cm³/mol. The minimum atomic E-state index is -0.249. The summed E-state index contributed by atoms with van der Waals surface area (Å²) in [5, 5.41) is 2.70. The highest BCUT2D eigenvalue weighted by atomic mass is 79.9. The van der Waals surface area contributed by atoms with Gasteiger partial charge in [-0.15, -0.1) is 0 Å². The molecule has 2 rings (SSSR count). The van der Waals surface area contributed by atoms with Gasteiger partial charge in [0.25, 0.3) is 0 Å². The van der Waals surface area contributed by atoms with E-state index in [9.17, 15) is 9.18 Å². The van der Waals surface area contributed by atoms with Crippen molar-refractivity contribution in [3.05, 3.63) is 34.1 Å². The molecule has 1 aromatic rings. The highest BCUT2D eigenvalue weighted by Crippen LogP contribution is 2.31. The second-order valence-corrected chi connectivity index (χ2v) is 4.19. The zero-order valence-corrected chi connectivity index (χ0v) is 8.97. The number of rotatable bonds is 1. The molecule has 2 nitrogen and oxygen atoms in total. The quantitative estimate of drug-likeness (QED) is 0.821. The third kappa shape index (κ3) is 1.66. The van der Waals surface area contributed by atoms with E-state index < -0.39 is 0 Å². The van der Waals surface area contributed by atoms with Crippen molar-refractivity contribution < 1.29 is 9.18 Å². The van der Waals surface area contributed by atoms with Crippen LogP contribution in [0.25, 0.3) is 0 Å². The molecule has 1 aliphatic heterocycles. The fourth-order valence-corrected chi connectivity index (χ4v) is 2.38. The topological polar surface area (TPSA) is 29.1 Å². The zero-order valence-electron chi connectivity index (χ0n) is 7.39. The van der Waals surface area contributed by atoms with Crippen LogP contribution in [0.3, 0.4) is 0 Å². The average molecular weight is 258 g/mol. The van der Waals surface area contributed by atoms with Gasteiger partial charge in [0.15, 0.2) is 0 Å². The van der Waals surface area contributed by atoms with E-state index in [-0.39, 0.29) is 17.6 Å². The highest BCUT2D eigenvalue weighted by molar-refractivity contribution is 9.10. The molecule has 1 saturated heterocycles. The summed E-state index contributed by atoms with van der Waals surface area (Å²) >= 11 is 3.30. The molecular formula is C10H9BrFNO. The largest absolute Gasteiger partial charge is 0.355 e. The smallest absolute Gasteiger partial charge is 0.220 e. The molecule has 1 amide bonds. The molecule has 0 bridgehead atoms. The molecule has 1 aromatic carbocycles. The van der Waals surface area contributed by atoms with E-state index in [1.54, 1.807) is 12.1 Å². The van der Waals surface area contributed by atoms with Crippen LogP contribution in [0.1, 0.15) is 17.9 Å². The molecule has 1 unspecified atom stereocenters. The third-order valence-electron chi connectivity index (χ3n) is 2.39. The standard InChI is InChI=1S/C10H9BrFNO/c11-7-2-1-3-8(12)10(7)6-4-9(14)13-5-6/h1-3,6H,4-5H2,(H,13,14). The van der Waals surface area contributed by atoms with Gasteiger partial charge in [-0.1, -0.05) is 22.0 Å². The lowest BCUT2D eigenvalue weighted by molar-refractivity contribution is -0.119. The van der Waals surface area contributed by atoms with E-state index in [0.29, 0.717) is 18.5 Å². The van der Waals surface area contributed by atoms with Crippen molar-refractivity contribution in [2.45, 2.75) is 12.3 Å². The van der Waals surface area contributed by atoms with E-state index in [4.69, 9.17) is 0 Å². The third-order valence-corrected chi connectivity index (χ3v) is 3.08. The van der Waals surface area contributed by atoms with Crippen LogP contribution in [0.4, 0.5) is 4.39 Å². The van der Waals surface area contributed by atoms with Crippen LogP contribution in [0.5, 0.6) is 0 Å². The van der Waals surface area contributed by atoms with Gasteiger partial charge in [0, 0.05) is 28.9 Å². The summed E-state index contributed by atoms with van der Waals surface area (Å²) in [6.45, 7) is 0.526. The maximum absolute atomic E-state index is 13.5. The first-order valence-corrected chi connectivity index (χ1v) is 5.18. The van der Waals surface area contributed by atoms with Gasteiger partial charge in [-0.05, 0) is 12.1 Å². The van der Waals surface area contributed by atoms with Crippen LogP contribution < -0.4 is 5.32 Å². The fourth-order valence-electron chi connectivity index (χ4n) is 1.71. The number of halogens is 2. The summed E-state index contributed by atoms with van der Waals surface area (Å²) in [6.07, 6.45) is 0.375. The first-order chi connectivity index (χ1) is 6.68. The molecule has 14 heavy (non-hydrogen) atoms. The zero-order chi connectivity index (χ0) is 10.1. The lowest BCUT2D eigenvalue weighted by atomic mass is 9.98. The molecule has 0 radical (unpaired) electrons. The molecule has 0 aliphatic carbocycles. The summed E-state index contributed by atoms with van der Waals surface area (Å²) in [7, 11) is 0. The molecule has 1 N–H and O–H groups in total. The second-order valence-electron chi connectivity index (χ2n) is 3.34. The Balaban J connectivity index is 2.36.